The maximum atomic E-state index is 12.7. The molecule has 1 N–H and O–H groups in total. The lowest BCUT2D eigenvalue weighted by Gasteiger charge is -2.23. The molecule has 1 heterocycles. The standard InChI is InChI=1S/C15H21NO2/c1-10-5-6-12(13(18-4)11(10)2)14(17)15(3)7-8-16-9-15/h5-6,16H,7-9H2,1-4H3. The Morgan fingerprint density at radius 3 is 2.67 bits per heavy atom. The summed E-state index contributed by atoms with van der Waals surface area (Å²) < 4.78 is 5.44. The number of methoxy groups -OCH3 is 1. The molecule has 1 aromatic carbocycles. The number of benzene rings is 1. The van der Waals surface area contributed by atoms with Crippen LogP contribution in [-0.2, 0) is 0 Å². The molecule has 1 atom stereocenters. The molecule has 0 amide bonds. The van der Waals surface area contributed by atoms with E-state index in [0.717, 1.165) is 36.4 Å². The molecule has 0 radical (unpaired) electrons. The van der Waals surface area contributed by atoms with Gasteiger partial charge < -0.3 is 10.1 Å². The van der Waals surface area contributed by atoms with Gasteiger partial charge in [-0.05, 0) is 44.0 Å². The monoisotopic (exact) mass is 247 g/mol. The molecule has 1 aliphatic rings. The van der Waals surface area contributed by atoms with Gasteiger partial charge in [0.15, 0.2) is 5.78 Å². The summed E-state index contributed by atoms with van der Waals surface area (Å²) in [6, 6.07) is 3.89. The van der Waals surface area contributed by atoms with E-state index < -0.39 is 0 Å². The van der Waals surface area contributed by atoms with E-state index in [-0.39, 0.29) is 11.2 Å². The van der Waals surface area contributed by atoms with Crippen molar-refractivity contribution in [1.82, 2.24) is 5.32 Å². The summed E-state index contributed by atoms with van der Waals surface area (Å²) in [5, 5.41) is 3.27. The summed E-state index contributed by atoms with van der Waals surface area (Å²) >= 11 is 0. The average molecular weight is 247 g/mol. The number of ether oxygens (including phenoxy) is 1. The number of ketones is 1. The van der Waals surface area contributed by atoms with Gasteiger partial charge in [-0.1, -0.05) is 13.0 Å². The average Bonchev–Trinajstić information content (AvgIpc) is 2.80. The summed E-state index contributed by atoms with van der Waals surface area (Å²) in [5.74, 6) is 0.917. The molecule has 1 aromatic rings. The molecule has 0 aliphatic carbocycles. The van der Waals surface area contributed by atoms with Gasteiger partial charge in [-0.3, -0.25) is 4.79 Å². The number of Topliss-reactive ketones (excluding diaryl/α,β-unsaturated/α-hetero) is 1. The molecule has 3 heteroatoms. The van der Waals surface area contributed by atoms with Crippen molar-refractivity contribution in [1.29, 1.82) is 0 Å². The molecule has 2 rings (SSSR count). The van der Waals surface area contributed by atoms with E-state index in [9.17, 15) is 4.79 Å². The summed E-state index contributed by atoms with van der Waals surface area (Å²) in [6.45, 7) is 7.73. The van der Waals surface area contributed by atoms with Crippen molar-refractivity contribution in [3.8, 4) is 5.75 Å². The maximum Gasteiger partial charge on any atom is 0.173 e. The van der Waals surface area contributed by atoms with Gasteiger partial charge >= 0.3 is 0 Å². The lowest BCUT2D eigenvalue weighted by Crippen LogP contribution is -2.30. The van der Waals surface area contributed by atoms with Crippen LogP contribution >= 0.6 is 0 Å². The zero-order chi connectivity index (χ0) is 13.3. The van der Waals surface area contributed by atoms with E-state index in [0.29, 0.717) is 5.56 Å². The van der Waals surface area contributed by atoms with E-state index in [1.807, 2.05) is 32.9 Å². The largest absolute Gasteiger partial charge is 0.496 e. The van der Waals surface area contributed by atoms with Gasteiger partial charge in [0.05, 0.1) is 12.7 Å². The van der Waals surface area contributed by atoms with Gasteiger partial charge in [-0.2, -0.15) is 0 Å². The second-order valence-electron chi connectivity index (χ2n) is 5.40. The number of aryl methyl sites for hydroxylation is 1. The number of nitrogens with one attached hydrogen (secondary N) is 1. The van der Waals surface area contributed by atoms with Crippen molar-refractivity contribution in [2.24, 2.45) is 5.41 Å². The Labute approximate surface area is 109 Å². The molecule has 0 saturated carbocycles. The van der Waals surface area contributed by atoms with Crippen LogP contribution in [0.5, 0.6) is 5.75 Å². The van der Waals surface area contributed by atoms with E-state index in [2.05, 4.69) is 5.32 Å². The Kier molecular flexibility index (Phi) is 3.44. The molecule has 1 unspecified atom stereocenters. The van der Waals surface area contributed by atoms with Crippen LogP contribution in [0.4, 0.5) is 0 Å². The Morgan fingerprint density at radius 1 is 1.39 bits per heavy atom. The molecule has 0 spiro atoms. The minimum absolute atomic E-state index is 0.187. The lowest BCUT2D eigenvalue weighted by atomic mass is 9.80. The van der Waals surface area contributed by atoms with Crippen molar-refractivity contribution >= 4 is 5.78 Å². The van der Waals surface area contributed by atoms with Gasteiger partial charge in [0.1, 0.15) is 5.75 Å². The first-order valence-electron chi connectivity index (χ1n) is 6.39. The van der Waals surface area contributed by atoms with E-state index >= 15 is 0 Å². The van der Waals surface area contributed by atoms with Crippen molar-refractivity contribution in [3.05, 3.63) is 28.8 Å². The van der Waals surface area contributed by atoms with E-state index in [1.165, 1.54) is 0 Å². The third-order valence-electron chi connectivity index (χ3n) is 4.04. The predicted molar refractivity (Wildman–Crippen MR) is 72.4 cm³/mol. The number of carbonyl (C=O) groups is 1. The molecule has 98 valence electrons. The first-order valence-corrected chi connectivity index (χ1v) is 6.39. The van der Waals surface area contributed by atoms with Crippen molar-refractivity contribution in [2.75, 3.05) is 20.2 Å². The van der Waals surface area contributed by atoms with Gasteiger partial charge in [-0.25, -0.2) is 0 Å². The van der Waals surface area contributed by atoms with Crippen molar-refractivity contribution in [3.63, 3.8) is 0 Å². The van der Waals surface area contributed by atoms with Crippen LogP contribution in [0.15, 0.2) is 12.1 Å². The van der Waals surface area contributed by atoms with Crippen LogP contribution in [0, 0.1) is 19.3 Å². The highest BCUT2D eigenvalue weighted by Gasteiger charge is 2.38. The van der Waals surface area contributed by atoms with Crippen LogP contribution < -0.4 is 10.1 Å². The minimum atomic E-state index is -0.297. The zero-order valence-electron chi connectivity index (χ0n) is 11.6. The maximum absolute atomic E-state index is 12.7. The highest BCUT2D eigenvalue weighted by molar-refractivity contribution is 6.03. The second kappa shape index (κ2) is 4.73. The highest BCUT2D eigenvalue weighted by atomic mass is 16.5. The van der Waals surface area contributed by atoms with Gasteiger partial charge in [0, 0.05) is 12.0 Å². The van der Waals surface area contributed by atoms with Gasteiger partial charge in [-0.15, -0.1) is 0 Å². The van der Waals surface area contributed by atoms with Crippen LogP contribution in [0.2, 0.25) is 0 Å². The number of hydrogen-bond acceptors (Lipinski definition) is 3. The fraction of sp³-hybridized carbons (Fsp3) is 0.533. The minimum Gasteiger partial charge on any atom is -0.496 e. The predicted octanol–water partition coefficient (Wildman–Crippen LogP) is 2.49. The van der Waals surface area contributed by atoms with Crippen LogP contribution in [0.1, 0.15) is 34.8 Å². The first-order chi connectivity index (χ1) is 8.49. The fourth-order valence-corrected chi connectivity index (χ4v) is 2.57. The fourth-order valence-electron chi connectivity index (χ4n) is 2.57. The molecule has 1 fully saturated rings. The smallest absolute Gasteiger partial charge is 0.173 e. The zero-order valence-corrected chi connectivity index (χ0v) is 11.6. The topological polar surface area (TPSA) is 38.3 Å². The summed E-state index contributed by atoms with van der Waals surface area (Å²) in [5.41, 5.74) is 2.62. The highest BCUT2D eigenvalue weighted by Crippen LogP contribution is 2.35. The molecule has 1 saturated heterocycles. The van der Waals surface area contributed by atoms with Crippen molar-refractivity contribution in [2.45, 2.75) is 27.2 Å². The van der Waals surface area contributed by atoms with E-state index in [4.69, 9.17) is 4.74 Å². The molecular weight excluding hydrogens is 226 g/mol. The van der Waals surface area contributed by atoms with E-state index in [1.54, 1.807) is 7.11 Å². The summed E-state index contributed by atoms with van der Waals surface area (Å²) in [6.07, 6.45) is 0.891. The third-order valence-corrected chi connectivity index (χ3v) is 4.04. The number of rotatable bonds is 3. The Hall–Kier alpha value is -1.35. The normalized spacial score (nSPS) is 23.1. The summed E-state index contributed by atoms with van der Waals surface area (Å²) in [7, 11) is 1.63. The third kappa shape index (κ3) is 2.03. The molecule has 3 nitrogen and oxygen atoms in total. The lowest BCUT2D eigenvalue weighted by molar-refractivity contribution is 0.0836. The van der Waals surface area contributed by atoms with Crippen LogP contribution in [0.25, 0.3) is 0 Å². The molecule has 1 aliphatic heterocycles. The number of carbonyl (C=O) groups excluding carboxylic acids is 1. The van der Waals surface area contributed by atoms with Gasteiger partial charge in [0.25, 0.3) is 0 Å². The first kappa shape index (κ1) is 13.1. The van der Waals surface area contributed by atoms with Crippen molar-refractivity contribution < 1.29 is 9.53 Å². The summed E-state index contributed by atoms with van der Waals surface area (Å²) in [4.78, 5) is 12.7. The van der Waals surface area contributed by atoms with Crippen LogP contribution in [0.3, 0.4) is 0 Å². The SMILES string of the molecule is COc1c(C(=O)C2(C)CCNC2)ccc(C)c1C. The Bertz CT molecular complexity index is 474. The van der Waals surface area contributed by atoms with Gasteiger partial charge in [0.2, 0.25) is 0 Å². The Morgan fingerprint density at radius 2 is 2.11 bits per heavy atom. The molecule has 0 bridgehead atoms. The quantitative estimate of drug-likeness (QED) is 0.834. The molecule has 18 heavy (non-hydrogen) atoms. The molecule has 0 aromatic heterocycles. The molecular formula is C15H21NO2. The second-order valence-corrected chi connectivity index (χ2v) is 5.40. The van der Waals surface area contributed by atoms with Crippen LogP contribution in [-0.4, -0.2) is 26.0 Å². The number of hydrogen-bond donors (Lipinski definition) is 1. The Balaban J connectivity index is 2.45.